The molecule has 0 spiro atoms. The Morgan fingerprint density at radius 1 is 1.00 bits per heavy atom. The first-order chi connectivity index (χ1) is 9.33. The molecule has 0 amide bonds. The SMILES string of the molecule is CC1=CC(OCc2ccccc2)Oc2ccccc21. The van der Waals surface area contributed by atoms with Crippen LogP contribution in [0.15, 0.2) is 60.7 Å². The number of para-hydroxylation sites is 1. The third-order valence-corrected chi connectivity index (χ3v) is 3.20. The summed E-state index contributed by atoms with van der Waals surface area (Å²) in [5.41, 5.74) is 3.48. The first kappa shape index (κ1) is 12.0. The quantitative estimate of drug-likeness (QED) is 0.821. The summed E-state index contributed by atoms with van der Waals surface area (Å²) in [6.07, 6.45) is 1.71. The molecule has 0 N–H and O–H groups in total. The number of hydrogen-bond acceptors (Lipinski definition) is 2. The molecule has 0 saturated heterocycles. The van der Waals surface area contributed by atoms with E-state index < -0.39 is 0 Å². The molecule has 0 radical (unpaired) electrons. The van der Waals surface area contributed by atoms with E-state index in [-0.39, 0.29) is 6.29 Å². The number of benzene rings is 2. The highest BCUT2D eigenvalue weighted by Crippen LogP contribution is 2.31. The van der Waals surface area contributed by atoms with Crippen LogP contribution in [0.25, 0.3) is 5.57 Å². The number of hydrogen-bond donors (Lipinski definition) is 0. The average Bonchev–Trinajstić information content (AvgIpc) is 2.46. The van der Waals surface area contributed by atoms with Crippen molar-refractivity contribution in [3.8, 4) is 5.75 Å². The van der Waals surface area contributed by atoms with Gasteiger partial charge in [0.2, 0.25) is 6.29 Å². The minimum absolute atomic E-state index is 0.310. The van der Waals surface area contributed by atoms with Crippen LogP contribution in [0.3, 0.4) is 0 Å². The lowest BCUT2D eigenvalue weighted by atomic mass is 10.0. The summed E-state index contributed by atoms with van der Waals surface area (Å²) < 4.78 is 11.6. The lowest BCUT2D eigenvalue weighted by molar-refractivity contribution is -0.0570. The summed E-state index contributed by atoms with van der Waals surface area (Å²) in [6.45, 7) is 2.64. The molecule has 1 aliphatic heterocycles. The third-order valence-electron chi connectivity index (χ3n) is 3.20. The van der Waals surface area contributed by atoms with Gasteiger partial charge in [-0.1, -0.05) is 48.5 Å². The zero-order valence-electron chi connectivity index (χ0n) is 10.9. The number of rotatable bonds is 3. The van der Waals surface area contributed by atoms with Gasteiger partial charge in [0.25, 0.3) is 0 Å². The van der Waals surface area contributed by atoms with E-state index in [4.69, 9.17) is 9.47 Å². The Kier molecular flexibility index (Phi) is 3.34. The predicted octanol–water partition coefficient (Wildman–Crippen LogP) is 4.03. The van der Waals surface area contributed by atoms with Crippen molar-refractivity contribution in [2.24, 2.45) is 0 Å². The highest BCUT2D eigenvalue weighted by molar-refractivity contribution is 5.70. The Bertz CT molecular complexity index is 587. The van der Waals surface area contributed by atoms with Gasteiger partial charge in [0, 0.05) is 5.56 Å². The summed E-state index contributed by atoms with van der Waals surface area (Å²) >= 11 is 0. The molecule has 0 aliphatic carbocycles. The van der Waals surface area contributed by atoms with Crippen LogP contribution in [0.4, 0.5) is 0 Å². The molecule has 3 rings (SSSR count). The van der Waals surface area contributed by atoms with Gasteiger partial charge < -0.3 is 9.47 Å². The van der Waals surface area contributed by atoms with Gasteiger partial charge in [0.1, 0.15) is 5.75 Å². The van der Waals surface area contributed by atoms with Crippen LogP contribution in [-0.2, 0) is 11.3 Å². The van der Waals surface area contributed by atoms with Crippen LogP contribution in [0, 0.1) is 0 Å². The fourth-order valence-corrected chi connectivity index (χ4v) is 2.18. The van der Waals surface area contributed by atoms with Gasteiger partial charge in [-0.05, 0) is 30.2 Å². The molecule has 0 aromatic heterocycles. The lowest BCUT2D eigenvalue weighted by Crippen LogP contribution is -2.21. The molecule has 0 fully saturated rings. The Morgan fingerprint density at radius 3 is 2.58 bits per heavy atom. The molecule has 1 heterocycles. The van der Waals surface area contributed by atoms with Crippen molar-refractivity contribution in [3.63, 3.8) is 0 Å². The Hall–Kier alpha value is -2.06. The van der Waals surface area contributed by atoms with E-state index in [2.05, 4.69) is 13.0 Å². The zero-order chi connectivity index (χ0) is 13.1. The molecule has 0 saturated carbocycles. The second kappa shape index (κ2) is 5.29. The summed E-state index contributed by atoms with van der Waals surface area (Å²) in [7, 11) is 0. The summed E-state index contributed by atoms with van der Waals surface area (Å²) in [4.78, 5) is 0. The maximum atomic E-state index is 5.83. The molecule has 1 atom stereocenters. The first-order valence-electron chi connectivity index (χ1n) is 6.43. The van der Waals surface area contributed by atoms with E-state index in [1.54, 1.807) is 0 Å². The second-order valence-electron chi connectivity index (χ2n) is 4.63. The molecular formula is C17H16O2. The van der Waals surface area contributed by atoms with Crippen molar-refractivity contribution in [1.29, 1.82) is 0 Å². The second-order valence-corrected chi connectivity index (χ2v) is 4.63. The molecule has 1 unspecified atom stereocenters. The molecule has 19 heavy (non-hydrogen) atoms. The molecular weight excluding hydrogens is 236 g/mol. The van der Waals surface area contributed by atoms with Crippen LogP contribution in [-0.4, -0.2) is 6.29 Å². The largest absolute Gasteiger partial charge is 0.461 e. The van der Waals surface area contributed by atoms with Crippen LogP contribution in [0.5, 0.6) is 5.75 Å². The molecule has 96 valence electrons. The van der Waals surface area contributed by atoms with Crippen LogP contribution in [0.2, 0.25) is 0 Å². The monoisotopic (exact) mass is 252 g/mol. The number of allylic oxidation sites excluding steroid dienone is 1. The van der Waals surface area contributed by atoms with Gasteiger partial charge in [0.05, 0.1) is 6.61 Å². The Morgan fingerprint density at radius 2 is 1.74 bits per heavy atom. The molecule has 2 aromatic carbocycles. The van der Waals surface area contributed by atoms with Crippen LogP contribution < -0.4 is 4.74 Å². The standard InChI is InChI=1S/C17H16O2/c1-13-11-17(18-12-14-7-3-2-4-8-14)19-16-10-6-5-9-15(13)16/h2-11,17H,12H2,1H3. The van der Waals surface area contributed by atoms with Gasteiger partial charge in [-0.15, -0.1) is 0 Å². The summed E-state index contributed by atoms with van der Waals surface area (Å²) in [5.74, 6) is 0.889. The highest BCUT2D eigenvalue weighted by atomic mass is 16.7. The molecule has 2 nitrogen and oxygen atoms in total. The van der Waals surface area contributed by atoms with Gasteiger partial charge >= 0.3 is 0 Å². The summed E-state index contributed by atoms with van der Waals surface area (Å²) in [5, 5.41) is 0. The topological polar surface area (TPSA) is 18.5 Å². The average molecular weight is 252 g/mol. The first-order valence-corrected chi connectivity index (χ1v) is 6.43. The fraction of sp³-hybridized carbons (Fsp3) is 0.176. The smallest absolute Gasteiger partial charge is 0.220 e. The van der Waals surface area contributed by atoms with Crippen molar-refractivity contribution in [3.05, 3.63) is 71.8 Å². The number of ether oxygens (including phenoxy) is 2. The summed E-state index contributed by atoms with van der Waals surface area (Å²) in [6, 6.07) is 18.2. The molecule has 2 aromatic rings. The normalized spacial score (nSPS) is 17.3. The minimum atomic E-state index is -0.310. The van der Waals surface area contributed by atoms with Gasteiger partial charge in [-0.2, -0.15) is 0 Å². The van der Waals surface area contributed by atoms with Crippen molar-refractivity contribution in [2.75, 3.05) is 0 Å². The minimum Gasteiger partial charge on any atom is -0.461 e. The number of fused-ring (bicyclic) bond motifs is 1. The maximum Gasteiger partial charge on any atom is 0.220 e. The fourth-order valence-electron chi connectivity index (χ4n) is 2.18. The van der Waals surface area contributed by atoms with E-state index in [0.717, 1.165) is 16.9 Å². The van der Waals surface area contributed by atoms with Gasteiger partial charge in [-0.25, -0.2) is 0 Å². The maximum absolute atomic E-state index is 5.83. The zero-order valence-corrected chi connectivity index (χ0v) is 10.9. The van der Waals surface area contributed by atoms with E-state index in [9.17, 15) is 0 Å². The molecule has 0 bridgehead atoms. The van der Waals surface area contributed by atoms with Crippen molar-refractivity contribution in [1.82, 2.24) is 0 Å². The van der Waals surface area contributed by atoms with Gasteiger partial charge in [0.15, 0.2) is 0 Å². The molecule has 1 aliphatic rings. The predicted molar refractivity (Wildman–Crippen MR) is 75.7 cm³/mol. The van der Waals surface area contributed by atoms with Crippen molar-refractivity contribution < 1.29 is 9.47 Å². The van der Waals surface area contributed by atoms with Crippen molar-refractivity contribution in [2.45, 2.75) is 19.8 Å². The van der Waals surface area contributed by atoms with E-state index in [1.807, 2.05) is 54.6 Å². The van der Waals surface area contributed by atoms with Crippen LogP contribution >= 0.6 is 0 Å². The highest BCUT2D eigenvalue weighted by Gasteiger charge is 2.18. The van der Waals surface area contributed by atoms with E-state index in [1.165, 1.54) is 5.57 Å². The molecule has 2 heteroatoms. The Labute approximate surface area is 113 Å². The van der Waals surface area contributed by atoms with E-state index >= 15 is 0 Å². The van der Waals surface area contributed by atoms with Crippen LogP contribution in [0.1, 0.15) is 18.1 Å². The lowest BCUT2D eigenvalue weighted by Gasteiger charge is -2.24. The van der Waals surface area contributed by atoms with E-state index in [0.29, 0.717) is 6.61 Å². The Balaban J connectivity index is 1.70. The van der Waals surface area contributed by atoms with Gasteiger partial charge in [-0.3, -0.25) is 0 Å². The third kappa shape index (κ3) is 2.69. The van der Waals surface area contributed by atoms with Crippen molar-refractivity contribution >= 4 is 5.57 Å².